The van der Waals surface area contributed by atoms with Crippen LogP contribution in [-0.2, 0) is 0 Å². The van der Waals surface area contributed by atoms with E-state index in [4.69, 9.17) is 9.84 Å². The molecule has 2 atom stereocenters. The third-order valence-corrected chi connectivity index (χ3v) is 5.44. The van der Waals surface area contributed by atoms with Crippen molar-refractivity contribution in [1.29, 1.82) is 0 Å². The van der Waals surface area contributed by atoms with Gasteiger partial charge in [-0.15, -0.1) is 0 Å². The van der Waals surface area contributed by atoms with Crippen LogP contribution in [0.1, 0.15) is 35.4 Å². The summed E-state index contributed by atoms with van der Waals surface area (Å²) in [6.07, 6.45) is 0.663. The largest absolute Gasteiger partial charge is 0.464 e. The summed E-state index contributed by atoms with van der Waals surface area (Å²) < 4.78 is 7.43. The van der Waals surface area contributed by atoms with Crippen LogP contribution in [0.3, 0.4) is 0 Å². The molecule has 0 amide bonds. The monoisotopic (exact) mass is 404 g/mol. The van der Waals surface area contributed by atoms with Gasteiger partial charge in [-0.2, -0.15) is 5.10 Å². The van der Waals surface area contributed by atoms with Crippen molar-refractivity contribution < 1.29 is 4.74 Å². The fourth-order valence-corrected chi connectivity index (χ4v) is 4.08. The molecule has 3 aromatic rings. The molecule has 0 fully saturated rings. The molecular weight excluding hydrogens is 388 g/mol. The van der Waals surface area contributed by atoms with Gasteiger partial charge < -0.3 is 4.74 Å². The Kier molecular flexibility index (Phi) is 3.79. The average Bonchev–Trinajstić information content (AvgIpc) is 3.15. The van der Waals surface area contributed by atoms with Crippen LogP contribution < -0.4 is 4.74 Å². The number of benzene rings is 3. The van der Waals surface area contributed by atoms with Crippen molar-refractivity contribution in [1.82, 2.24) is 5.01 Å². The highest BCUT2D eigenvalue weighted by molar-refractivity contribution is 9.10. The molecule has 0 unspecified atom stereocenters. The van der Waals surface area contributed by atoms with Crippen molar-refractivity contribution in [3.05, 3.63) is 100 Å². The minimum absolute atomic E-state index is 0.177. The van der Waals surface area contributed by atoms with Crippen LogP contribution in [0.2, 0.25) is 0 Å². The maximum Gasteiger partial charge on any atom is 0.213 e. The second kappa shape index (κ2) is 6.29. The Morgan fingerprint density at radius 3 is 2.42 bits per heavy atom. The third-order valence-electron chi connectivity index (χ3n) is 4.94. The van der Waals surface area contributed by atoms with Gasteiger partial charge in [0.15, 0.2) is 0 Å². The molecule has 2 aliphatic heterocycles. The number of hydrazone groups is 1. The van der Waals surface area contributed by atoms with E-state index in [1.807, 2.05) is 36.4 Å². The first-order chi connectivity index (χ1) is 12.8. The predicted octanol–water partition coefficient (Wildman–Crippen LogP) is 5.69. The highest BCUT2D eigenvalue weighted by Crippen LogP contribution is 2.48. The lowest BCUT2D eigenvalue weighted by atomic mass is 9.96. The Hall–Kier alpha value is -2.59. The molecule has 0 N–H and O–H groups in total. The lowest BCUT2D eigenvalue weighted by molar-refractivity contribution is -0.0190. The van der Waals surface area contributed by atoms with Crippen LogP contribution in [0.5, 0.6) is 5.75 Å². The molecule has 5 rings (SSSR count). The number of ether oxygens (including phenoxy) is 1. The summed E-state index contributed by atoms with van der Waals surface area (Å²) in [5, 5.41) is 7.09. The molecular formula is C22H17BrN2O. The van der Waals surface area contributed by atoms with Gasteiger partial charge in [-0.25, -0.2) is 5.01 Å². The van der Waals surface area contributed by atoms with Crippen molar-refractivity contribution in [2.45, 2.75) is 18.7 Å². The minimum atomic E-state index is -0.212. The van der Waals surface area contributed by atoms with Gasteiger partial charge in [-0.05, 0) is 23.8 Å². The zero-order valence-corrected chi connectivity index (χ0v) is 15.6. The summed E-state index contributed by atoms with van der Waals surface area (Å²) in [5.74, 6) is 0.938. The van der Waals surface area contributed by atoms with Gasteiger partial charge in [0, 0.05) is 22.0 Å². The van der Waals surface area contributed by atoms with E-state index in [0.29, 0.717) is 0 Å². The van der Waals surface area contributed by atoms with Crippen LogP contribution in [0, 0.1) is 0 Å². The first-order valence-corrected chi connectivity index (χ1v) is 9.51. The molecule has 0 bridgehead atoms. The van der Waals surface area contributed by atoms with Gasteiger partial charge in [0.05, 0.1) is 11.8 Å². The van der Waals surface area contributed by atoms with E-state index in [1.54, 1.807) is 0 Å². The third kappa shape index (κ3) is 2.61. The van der Waals surface area contributed by atoms with E-state index >= 15 is 0 Å². The molecule has 26 heavy (non-hydrogen) atoms. The fraction of sp³-hybridized carbons (Fsp3) is 0.136. The zero-order valence-electron chi connectivity index (χ0n) is 14.0. The Bertz CT molecular complexity index is 972. The smallest absolute Gasteiger partial charge is 0.213 e. The molecule has 3 aromatic carbocycles. The lowest BCUT2D eigenvalue weighted by Gasteiger charge is -2.38. The lowest BCUT2D eigenvalue weighted by Crippen LogP contribution is -2.33. The van der Waals surface area contributed by atoms with Gasteiger partial charge in [-0.3, -0.25) is 0 Å². The second-order valence-electron chi connectivity index (χ2n) is 6.58. The molecule has 2 aliphatic rings. The van der Waals surface area contributed by atoms with Crippen LogP contribution >= 0.6 is 15.9 Å². The van der Waals surface area contributed by atoms with E-state index in [9.17, 15) is 0 Å². The van der Waals surface area contributed by atoms with Gasteiger partial charge in [0.2, 0.25) is 6.23 Å². The van der Waals surface area contributed by atoms with Crippen LogP contribution in [-0.4, -0.2) is 10.7 Å². The van der Waals surface area contributed by atoms with E-state index in [-0.39, 0.29) is 12.3 Å². The van der Waals surface area contributed by atoms with Gasteiger partial charge in [0.25, 0.3) is 0 Å². The van der Waals surface area contributed by atoms with E-state index < -0.39 is 0 Å². The number of nitrogens with zero attached hydrogens (tertiary/aromatic N) is 2. The number of fused-ring (bicyclic) bond motifs is 3. The zero-order chi connectivity index (χ0) is 17.5. The highest BCUT2D eigenvalue weighted by Gasteiger charge is 2.40. The number of halogens is 1. The van der Waals surface area contributed by atoms with Crippen LogP contribution in [0.4, 0.5) is 0 Å². The Labute approximate surface area is 161 Å². The van der Waals surface area contributed by atoms with Crippen molar-refractivity contribution in [3.63, 3.8) is 0 Å². The van der Waals surface area contributed by atoms with E-state index in [0.717, 1.165) is 27.9 Å². The average molecular weight is 405 g/mol. The summed E-state index contributed by atoms with van der Waals surface area (Å²) in [6.45, 7) is 0. The van der Waals surface area contributed by atoms with Crippen LogP contribution in [0.15, 0.2) is 88.4 Å². The minimum Gasteiger partial charge on any atom is -0.464 e. The molecule has 4 heteroatoms. The molecule has 0 saturated heterocycles. The summed E-state index contributed by atoms with van der Waals surface area (Å²) in [7, 11) is 0. The van der Waals surface area contributed by atoms with Crippen LogP contribution in [0.25, 0.3) is 0 Å². The number of hydrogen-bond donors (Lipinski definition) is 0. The molecule has 0 radical (unpaired) electrons. The number of rotatable bonds is 2. The van der Waals surface area contributed by atoms with Crippen molar-refractivity contribution in [2.75, 3.05) is 0 Å². The summed E-state index contributed by atoms with van der Waals surface area (Å²) in [6, 6.07) is 27.1. The Morgan fingerprint density at radius 1 is 0.923 bits per heavy atom. The molecule has 3 nitrogen and oxygen atoms in total. The molecule has 2 heterocycles. The Morgan fingerprint density at radius 2 is 1.65 bits per heavy atom. The standard InChI is InChI=1S/C22H17BrN2O/c23-17-11-12-21-18(13-17)20-14-19(15-7-3-1-4-8-15)24-25(20)22(26-21)16-9-5-2-6-10-16/h1-13,20,22H,14H2/t20-,22-/m1/s1. The molecule has 0 aromatic heterocycles. The number of hydrogen-bond acceptors (Lipinski definition) is 3. The van der Waals surface area contributed by atoms with Crippen molar-refractivity contribution in [3.8, 4) is 5.75 Å². The maximum atomic E-state index is 6.37. The molecule has 128 valence electrons. The van der Waals surface area contributed by atoms with E-state index in [1.165, 1.54) is 11.1 Å². The second-order valence-corrected chi connectivity index (χ2v) is 7.49. The van der Waals surface area contributed by atoms with Crippen molar-refractivity contribution in [2.24, 2.45) is 5.10 Å². The topological polar surface area (TPSA) is 24.8 Å². The van der Waals surface area contributed by atoms with E-state index in [2.05, 4.69) is 63.4 Å². The maximum absolute atomic E-state index is 6.37. The Balaban J connectivity index is 1.62. The van der Waals surface area contributed by atoms with Crippen molar-refractivity contribution >= 4 is 21.6 Å². The normalized spacial score (nSPS) is 20.8. The summed E-state index contributed by atoms with van der Waals surface area (Å²) in [5.41, 5.74) is 4.57. The van der Waals surface area contributed by atoms with Gasteiger partial charge in [-0.1, -0.05) is 76.6 Å². The fourth-order valence-electron chi connectivity index (χ4n) is 3.70. The first kappa shape index (κ1) is 15.6. The molecule has 0 aliphatic carbocycles. The summed E-state index contributed by atoms with van der Waals surface area (Å²) in [4.78, 5) is 0. The molecule has 0 saturated carbocycles. The predicted molar refractivity (Wildman–Crippen MR) is 106 cm³/mol. The summed E-state index contributed by atoms with van der Waals surface area (Å²) >= 11 is 3.60. The molecule has 0 spiro atoms. The van der Waals surface area contributed by atoms with Gasteiger partial charge in [0.1, 0.15) is 5.75 Å². The highest BCUT2D eigenvalue weighted by atomic mass is 79.9. The van der Waals surface area contributed by atoms with Gasteiger partial charge >= 0.3 is 0 Å². The first-order valence-electron chi connectivity index (χ1n) is 8.72. The SMILES string of the molecule is Brc1ccc2c(c1)[C@H]1CC(c3ccccc3)=NN1[C@@H](c1ccccc1)O2. The quantitative estimate of drug-likeness (QED) is 0.547.